The first kappa shape index (κ1) is 16.1. The van der Waals surface area contributed by atoms with Crippen LogP contribution in [-0.2, 0) is 9.53 Å². The van der Waals surface area contributed by atoms with Gasteiger partial charge >= 0.3 is 5.97 Å². The Morgan fingerprint density at radius 2 is 2.05 bits per heavy atom. The zero-order valence-electron chi connectivity index (χ0n) is 13.7. The van der Waals surface area contributed by atoms with Crippen LogP contribution in [0.4, 0.5) is 0 Å². The Morgan fingerprint density at radius 1 is 1.33 bits per heavy atom. The summed E-state index contributed by atoms with van der Waals surface area (Å²) in [7, 11) is 0. The first-order valence-corrected chi connectivity index (χ1v) is 8.06. The Hall–Kier alpha value is -1.30. The Bertz CT molecular complexity index is 492. The van der Waals surface area contributed by atoms with E-state index in [-0.39, 0.29) is 22.7 Å². The van der Waals surface area contributed by atoms with Gasteiger partial charge in [-0.2, -0.15) is 5.26 Å². The highest BCUT2D eigenvalue weighted by molar-refractivity contribution is 5.70. The number of carbonyl (C=O) groups excluding carboxylic acids is 1. The minimum atomic E-state index is -0.438. The number of fused-ring (bicyclic) bond motifs is 1. The molecule has 0 unspecified atom stereocenters. The highest BCUT2D eigenvalue weighted by atomic mass is 16.5. The second kappa shape index (κ2) is 5.48. The van der Waals surface area contributed by atoms with E-state index in [9.17, 15) is 10.1 Å². The maximum absolute atomic E-state index is 12.1. The van der Waals surface area contributed by atoms with Crippen LogP contribution in [0.3, 0.4) is 0 Å². The van der Waals surface area contributed by atoms with Gasteiger partial charge in [0.1, 0.15) is 0 Å². The van der Waals surface area contributed by atoms with E-state index in [0.717, 1.165) is 25.7 Å². The molecular weight excluding hydrogens is 262 g/mol. The second-order valence-corrected chi connectivity index (χ2v) is 7.37. The molecule has 2 aliphatic rings. The van der Waals surface area contributed by atoms with Gasteiger partial charge in [0, 0.05) is 0 Å². The van der Waals surface area contributed by atoms with Crippen molar-refractivity contribution >= 4 is 5.97 Å². The van der Waals surface area contributed by atoms with Gasteiger partial charge in [0.05, 0.1) is 24.5 Å². The highest BCUT2D eigenvalue weighted by Crippen LogP contribution is 2.64. The average Bonchev–Trinajstić information content (AvgIpc) is 2.45. The lowest BCUT2D eigenvalue weighted by atomic mass is 9.43. The third kappa shape index (κ3) is 2.50. The molecule has 1 saturated carbocycles. The topological polar surface area (TPSA) is 50.1 Å². The van der Waals surface area contributed by atoms with Crippen LogP contribution in [0.15, 0.2) is 12.2 Å². The largest absolute Gasteiger partial charge is 0.466 e. The van der Waals surface area contributed by atoms with Gasteiger partial charge in [-0.1, -0.05) is 26.0 Å². The molecule has 1 fully saturated rings. The van der Waals surface area contributed by atoms with Gasteiger partial charge in [-0.15, -0.1) is 0 Å². The Labute approximate surface area is 128 Å². The van der Waals surface area contributed by atoms with Crippen molar-refractivity contribution in [2.24, 2.45) is 22.2 Å². The molecule has 0 radical (unpaired) electrons. The molecule has 2 rings (SSSR count). The number of hydrogen-bond acceptors (Lipinski definition) is 3. The fraction of sp³-hybridized carbons (Fsp3) is 0.778. The fourth-order valence-electron chi connectivity index (χ4n) is 4.51. The number of nitriles is 1. The minimum Gasteiger partial charge on any atom is -0.466 e. The van der Waals surface area contributed by atoms with Crippen LogP contribution in [-0.4, -0.2) is 12.6 Å². The number of ether oxygens (including phenoxy) is 1. The van der Waals surface area contributed by atoms with Crippen molar-refractivity contribution in [1.82, 2.24) is 0 Å². The van der Waals surface area contributed by atoms with Crippen molar-refractivity contribution in [3.63, 3.8) is 0 Å². The first-order valence-electron chi connectivity index (χ1n) is 8.06. The van der Waals surface area contributed by atoms with E-state index in [1.54, 1.807) is 0 Å². The van der Waals surface area contributed by atoms with Crippen LogP contribution in [0.1, 0.15) is 59.8 Å². The summed E-state index contributed by atoms with van der Waals surface area (Å²) in [6.45, 7) is 8.83. The van der Waals surface area contributed by atoms with Crippen molar-refractivity contribution in [3.8, 4) is 6.07 Å². The van der Waals surface area contributed by atoms with Crippen LogP contribution in [0, 0.1) is 33.5 Å². The van der Waals surface area contributed by atoms with Crippen LogP contribution in [0.25, 0.3) is 0 Å². The van der Waals surface area contributed by atoms with Crippen molar-refractivity contribution in [2.45, 2.75) is 59.8 Å². The van der Waals surface area contributed by atoms with E-state index >= 15 is 0 Å². The molecule has 0 heterocycles. The SMILES string of the molecule is CCOC(=O)C[C@@H]1[C@@](C)(C#N)CC[C@]2(C)C=CCC[C@@]12C. The van der Waals surface area contributed by atoms with Gasteiger partial charge in [-0.25, -0.2) is 0 Å². The van der Waals surface area contributed by atoms with Crippen LogP contribution < -0.4 is 0 Å². The van der Waals surface area contributed by atoms with E-state index in [1.165, 1.54) is 0 Å². The molecule has 0 amide bonds. The van der Waals surface area contributed by atoms with Gasteiger partial charge in [0.25, 0.3) is 0 Å². The van der Waals surface area contributed by atoms with Gasteiger partial charge in [-0.05, 0) is 56.3 Å². The Morgan fingerprint density at radius 3 is 2.67 bits per heavy atom. The number of allylic oxidation sites excluding steroid dienone is 2. The van der Waals surface area contributed by atoms with E-state index < -0.39 is 5.41 Å². The van der Waals surface area contributed by atoms with E-state index in [2.05, 4.69) is 32.1 Å². The molecule has 0 aromatic rings. The summed E-state index contributed by atoms with van der Waals surface area (Å²) >= 11 is 0. The molecule has 0 N–H and O–H groups in total. The van der Waals surface area contributed by atoms with Crippen LogP contribution in [0.5, 0.6) is 0 Å². The standard InChI is InChI=1S/C18H27NO2/c1-5-21-15(20)12-14-16(2,13-19)10-11-17(3)8-6-7-9-18(14,17)4/h6,8,14H,5,7,9-12H2,1-4H3/t14-,16-,17+,18+/m1/s1. The fourth-order valence-corrected chi connectivity index (χ4v) is 4.51. The zero-order chi connectivity index (χ0) is 15.7. The zero-order valence-corrected chi connectivity index (χ0v) is 13.7. The van der Waals surface area contributed by atoms with Crippen molar-refractivity contribution in [1.29, 1.82) is 5.26 Å². The second-order valence-electron chi connectivity index (χ2n) is 7.37. The summed E-state index contributed by atoms with van der Waals surface area (Å²) < 4.78 is 5.17. The van der Waals surface area contributed by atoms with Crippen LogP contribution in [0.2, 0.25) is 0 Å². The summed E-state index contributed by atoms with van der Waals surface area (Å²) in [4.78, 5) is 12.1. The van der Waals surface area contributed by atoms with Crippen LogP contribution >= 0.6 is 0 Å². The van der Waals surface area contributed by atoms with Crippen molar-refractivity contribution < 1.29 is 9.53 Å². The maximum Gasteiger partial charge on any atom is 0.306 e. The number of esters is 1. The smallest absolute Gasteiger partial charge is 0.306 e. The first-order chi connectivity index (χ1) is 9.81. The molecule has 3 heteroatoms. The summed E-state index contributed by atoms with van der Waals surface area (Å²) in [5.41, 5.74) is -0.373. The molecule has 2 aliphatic carbocycles. The normalized spacial score (nSPS) is 42.0. The predicted octanol–water partition coefficient (Wildman–Crippen LogP) is 4.24. The lowest BCUT2D eigenvalue weighted by Gasteiger charge is -2.59. The molecule has 4 atom stereocenters. The molecule has 116 valence electrons. The summed E-state index contributed by atoms with van der Waals surface area (Å²) in [5.74, 6) is -0.109. The quantitative estimate of drug-likeness (QED) is 0.576. The predicted molar refractivity (Wildman–Crippen MR) is 82.3 cm³/mol. The molecule has 0 aliphatic heterocycles. The molecule has 0 saturated heterocycles. The number of nitrogens with zero attached hydrogens (tertiary/aromatic N) is 1. The number of hydrogen-bond donors (Lipinski definition) is 0. The maximum atomic E-state index is 12.1. The lowest BCUT2D eigenvalue weighted by molar-refractivity contribution is -0.152. The molecule has 0 bridgehead atoms. The molecular formula is C18H27NO2. The summed E-state index contributed by atoms with van der Waals surface area (Å²) in [6.07, 6.45) is 8.89. The molecule has 0 aromatic carbocycles. The van der Waals surface area contributed by atoms with Crippen molar-refractivity contribution in [3.05, 3.63) is 12.2 Å². The third-order valence-corrected chi connectivity index (χ3v) is 6.25. The van der Waals surface area contributed by atoms with E-state index in [4.69, 9.17) is 4.74 Å². The Kier molecular flexibility index (Phi) is 4.19. The van der Waals surface area contributed by atoms with E-state index in [0.29, 0.717) is 13.0 Å². The highest BCUT2D eigenvalue weighted by Gasteiger charge is 2.59. The summed E-state index contributed by atoms with van der Waals surface area (Å²) in [5, 5.41) is 9.73. The lowest BCUT2D eigenvalue weighted by Crippen LogP contribution is -2.54. The molecule has 3 nitrogen and oxygen atoms in total. The third-order valence-electron chi connectivity index (χ3n) is 6.25. The van der Waals surface area contributed by atoms with E-state index in [1.807, 2.05) is 13.8 Å². The monoisotopic (exact) mass is 289 g/mol. The molecule has 0 spiro atoms. The molecule has 0 aromatic heterocycles. The average molecular weight is 289 g/mol. The van der Waals surface area contributed by atoms with Gasteiger partial charge in [-0.3, -0.25) is 4.79 Å². The molecule has 21 heavy (non-hydrogen) atoms. The van der Waals surface area contributed by atoms with Gasteiger partial charge < -0.3 is 4.74 Å². The number of rotatable bonds is 3. The van der Waals surface area contributed by atoms with Gasteiger partial charge in [0.2, 0.25) is 0 Å². The van der Waals surface area contributed by atoms with Crippen molar-refractivity contribution in [2.75, 3.05) is 6.61 Å². The van der Waals surface area contributed by atoms with Gasteiger partial charge in [0.15, 0.2) is 0 Å². The Balaban J connectivity index is 2.39. The summed E-state index contributed by atoms with van der Waals surface area (Å²) in [6, 6.07) is 2.52. The minimum absolute atomic E-state index is 0.0166. The number of carbonyl (C=O) groups is 1.